The van der Waals surface area contributed by atoms with Crippen molar-refractivity contribution in [1.29, 1.82) is 0 Å². The number of nitrogens with zero attached hydrogens (tertiary/aromatic N) is 2. The summed E-state index contributed by atoms with van der Waals surface area (Å²) in [5.41, 5.74) is -2.67. The summed E-state index contributed by atoms with van der Waals surface area (Å²) in [6, 6.07) is 10.1. The topological polar surface area (TPSA) is 82.5 Å². The number of hydrogen-bond donors (Lipinski definition) is 2. The summed E-state index contributed by atoms with van der Waals surface area (Å²) in [4.78, 5) is 30.8. The molecular formula is C24H18Cl2F3N3O3. The molecule has 6 nitrogen and oxygen atoms in total. The van der Waals surface area contributed by atoms with Crippen molar-refractivity contribution < 1.29 is 27.9 Å². The van der Waals surface area contributed by atoms with Crippen LogP contribution in [0.2, 0.25) is 10.0 Å². The van der Waals surface area contributed by atoms with E-state index < -0.39 is 35.6 Å². The summed E-state index contributed by atoms with van der Waals surface area (Å²) in [5, 5.41) is 13.3. The van der Waals surface area contributed by atoms with E-state index in [4.69, 9.17) is 23.2 Å². The molecule has 182 valence electrons. The molecule has 2 aromatic carbocycles. The Morgan fingerprint density at radius 1 is 1.11 bits per heavy atom. The minimum absolute atomic E-state index is 0.0447. The van der Waals surface area contributed by atoms with Crippen LogP contribution < -0.4 is 10.2 Å². The SMILES string of the molecule is CC1(O)c2cc(Cl)ccc2N(C(=O)c2ccc(NC(=O)c3cc(F)ccc3Cl)nc2)CCC1(F)F. The highest BCUT2D eigenvalue weighted by Crippen LogP contribution is 2.47. The zero-order valence-electron chi connectivity index (χ0n) is 18.2. The number of anilines is 2. The fraction of sp³-hybridized carbons (Fsp3) is 0.208. The van der Waals surface area contributed by atoms with Gasteiger partial charge in [-0.3, -0.25) is 9.59 Å². The number of aromatic nitrogens is 1. The Labute approximate surface area is 208 Å². The van der Waals surface area contributed by atoms with E-state index in [-0.39, 0.29) is 44.8 Å². The number of nitrogens with one attached hydrogen (secondary N) is 1. The van der Waals surface area contributed by atoms with Crippen LogP contribution in [0.25, 0.3) is 0 Å². The number of rotatable bonds is 3. The van der Waals surface area contributed by atoms with Gasteiger partial charge >= 0.3 is 0 Å². The van der Waals surface area contributed by atoms with Gasteiger partial charge in [0.15, 0.2) is 5.60 Å². The van der Waals surface area contributed by atoms with Crippen molar-refractivity contribution >= 4 is 46.5 Å². The van der Waals surface area contributed by atoms with E-state index in [1.807, 2.05) is 0 Å². The Balaban J connectivity index is 1.60. The quantitative estimate of drug-likeness (QED) is 0.463. The van der Waals surface area contributed by atoms with E-state index in [1.54, 1.807) is 0 Å². The first-order valence-electron chi connectivity index (χ1n) is 10.4. The second kappa shape index (κ2) is 9.14. The van der Waals surface area contributed by atoms with E-state index in [0.29, 0.717) is 0 Å². The first-order valence-corrected chi connectivity index (χ1v) is 11.1. The number of aliphatic hydroxyl groups is 1. The van der Waals surface area contributed by atoms with Crippen LogP contribution >= 0.6 is 23.2 Å². The second-order valence-electron chi connectivity index (χ2n) is 8.16. The lowest BCUT2D eigenvalue weighted by molar-refractivity contribution is -0.177. The van der Waals surface area contributed by atoms with Gasteiger partial charge in [-0.25, -0.2) is 18.2 Å². The molecule has 1 aliphatic rings. The van der Waals surface area contributed by atoms with Crippen LogP contribution in [-0.4, -0.2) is 34.4 Å². The number of amides is 2. The molecule has 0 spiro atoms. The van der Waals surface area contributed by atoms with Crippen molar-refractivity contribution in [3.63, 3.8) is 0 Å². The maximum atomic E-state index is 14.7. The predicted molar refractivity (Wildman–Crippen MR) is 126 cm³/mol. The van der Waals surface area contributed by atoms with Gasteiger partial charge in [-0.2, -0.15) is 0 Å². The third kappa shape index (κ3) is 4.71. The normalized spacial score (nSPS) is 19.0. The first-order chi connectivity index (χ1) is 16.4. The predicted octanol–water partition coefficient (Wildman–Crippen LogP) is 5.67. The molecule has 3 aromatic rings. The minimum atomic E-state index is -3.52. The number of halogens is 5. The molecule has 2 amide bonds. The van der Waals surface area contributed by atoms with E-state index in [2.05, 4.69) is 10.3 Å². The highest BCUT2D eigenvalue weighted by molar-refractivity contribution is 6.34. The summed E-state index contributed by atoms with van der Waals surface area (Å²) in [6.45, 7) is 0.618. The molecule has 0 radical (unpaired) electrons. The fourth-order valence-corrected chi connectivity index (χ4v) is 4.14. The molecule has 2 N–H and O–H groups in total. The van der Waals surface area contributed by atoms with Crippen molar-refractivity contribution in [3.05, 3.63) is 87.3 Å². The highest BCUT2D eigenvalue weighted by Gasteiger charge is 2.53. The van der Waals surface area contributed by atoms with Gasteiger partial charge in [0, 0.05) is 29.7 Å². The van der Waals surface area contributed by atoms with Crippen LogP contribution in [0.4, 0.5) is 24.7 Å². The Morgan fingerprint density at radius 2 is 1.86 bits per heavy atom. The monoisotopic (exact) mass is 523 g/mol. The van der Waals surface area contributed by atoms with Crippen molar-refractivity contribution in [1.82, 2.24) is 4.98 Å². The van der Waals surface area contributed by atoms with Crippen LogP contribution in [0.1, 0.15) is 39.6 Å². The van der Waals surface area contributed by atoms with Gasteiger partial charge in [-0.15, -0.1) is 0 Å². The standard InChI is InChI=1S/C24H18Cl2F3N3O3/c1-23(35)17-10-14(25)3-6-19(17)32(9-8-24(23,28)29)22(34)13-2-7-20(30-12-13)31-21(33)16-11-15(27)4-5-18(16)26/h2-7,10-12,35H,8-9H2,1H3,(H,30,31,33). The number of hydrogen-bond acceptors (Lipinski definition) is 4. The molecule has 0 aliphatic carbocycles. The Bertz CT molecular complexity index is 1320. The lowest BCUT2D eigenvalue weighted by Gasteiger charge is -2.32. The lowest BCUT2D eigenvalue weighted by atomic mass is 9.87. The van der Waals surface area contributed by atoms with E-state index in [1.165, 1.54) is 42.6 Å². The number of pyridine rings is 1. The van der Waals surface area contributed by atoms with Crippen LogP contribution in [0.15, 0.2) is 54.7 Å². The highest BCUT2D eigenvalue weighted by atomic mass is 35.5. The molecule has 1 atom stereocenters. The van der Waals surface area contributed by atoms with Gasteiger partial charge in [-0.1, -0.05) is 23.2 Å². The Kier molecular flexibility index (Phi) is 6.52. The Morgan fingerprint density at radius 3 is 2.54 bits per heavy atom. The number of carbonyl (C=O) groups excluding carboxylic acids is 2. The van der Waals surface area contributed by atoms with Crippen molar-refractivity contribution in [2.75, 3.05) is 16.8 Å². The lowest BCUT2D eigenvalue weighted by Crippen LogP contribution is -2.42. The van der Waals surface area contributed by atoms with Gasteiger partial charge in [-0.05, 0) is 55.5 Å². The van der Waals surface area contributed by atoms with Crippen LogP contribution in [0.5, 0.6) is 0 Å². The summed E-state index contributed by atoms with van der Waals surface area (Å²) in [7, 11) is 0. The average molecular weight is 524 g/mol. The summed E-state index contributed by atoms with van der Waals surface area (Å²) >= 11 is 11.9. The molecule has 1 aromatic heterocycles. The number of fused-ring (bicyclic) bond motifs is 1. The third-order valence-electron chi connectivity index (χ3n) is 5.81. The molecule has 1 aliphatic heterocycles. The number of alkyl halides is 2. The first kappa shape index (κ1) is 25.0. The van der Waals surface area contributed by atoms with Crippen molar-refractivity contribution in [2.24, 2.45) is 0 Å². The van der Waals surface area contributed by atoms with Crippen LogP contribution in [0.3, 0.4) is 0 Å². The molecular weight excluding hydrogens is 506 g/mol. The van der Waals surface area contributed by atoms with Crippen molar-refractivity contribution in [2.45, 2.75) is 24.9 Å². The molecule has 2 heterocycles. The Hall–Kier alpha value is -3.14. The number of carbonyl (C=O) groups is 2. The summed E-state index contributed by atoms with van der Waals surface area (Å²) < 4.78 is 42.9. The van der Waals surface area contributed by atoms with Gasteiger partial charge < -0.3 is 15.3 Å². The van der Waals surface area contributed by atoms with Crippen LogP contribution in [-0.2, 0) is 5.60 Å². The molecule has 35 heavy (non-hydrogen) atoms. The van der Waals surface area contributed by atoms with E-state index in [0.717, 1.165) is 24.0 Å². The molecule has 0 fully saturated rings. The minimum Gasteiger partial charge on any atom is -0.379 e. The van der Waals surface area contributed by atoms with Gasteiger partial charge in [0.25, 0.3) is 17.7 Å². The number of benzene rings is 2. The fourth-order valence-electron chi connectivity index (χ4n) is 3.76. The van der Waals surface area contributed by atoms with Gasteiger partial charge in [0.05, 0.1) is 21.8 Å². The van der Waals surface area contributed by atoms with Gasteiger partial charge in [0.2, 0.25) is 0 Å². The smallest absolute Gasteiger partial charge is 0.281 e. The average Bonchev–Trinajstić information content (AvgIpc) is 2.88. The summed E-state index contributed by atoms with van der Waals surface area (Å²) in [5.74, 6) is -5.45. The zero-order chi connectivity index (χ0) is 25.5. The molecule has 11 heteroatoms. The van der Waals surface area contributed by atoms with Gasteiger partial charge in [0.1, 0.15) is 11.6 Å². The molecule has 0 saturated heterocycles. The second-order valence-corrected chi connectivity index (χ2v) is 9.00. The zero-order valence-corrected chi connectivity index (χ0v) is 19.7. The summed E-state index contributed by atoms with van der Waals surface area (Å²) in [6.07, 6.45) is 0.385. The molecule has 1 unspecified atom stereocenters. The van der Waals surface area contributed by atoms with E-state index in [9.17, 15) is 27.9 Å². The molecule has 0 saturated carbocycles. The van der Waals surface area contributed by atoms with E-state index >= 15 is 0 Å². The third-order valence-corrected chi connectivity index (χ3v) is 6.37. The maximum Gasteiger partial charge on any atom is 0.281 e. The van der Waals surface area contributed by atoms with Crippen molar-refractivity contribution in [3.8, 4) is 0 Å². The maximum absolute atomic E-state index is 14.7. The largest absolute Gasteiger partial charge is 0.379 e. The molecule has 0 bridgehead atoms. The molecule has 4 rings (SSSR count). The van der Waals surface area contributed by atoms with Crippen LogP contribution in [0, 0.1) is 5.82 Å².